The lowest BCUT2D eigenvalue weighted by Gasteiger charge is -2.50. The SMILES string of the molecule is O=C1N(c2ccccc2N2CCCCC2)C(c2ccc([N+](=O)[O-])cc2)C1(Cl)Cl. The third-order valence-corrected chi connectivity index (χ3v) is 6.10. The molecule has 1 atom stereocenters. The number of para-hydroxylation sites is 2. The number of amides is 1. The van der Waals surface area contributed by atoms with Gasteiger partial charge in [-0.25, -0.2) is 0 Å². The fourth-order valence-electron chi connectivity index (χ4n) is 3.95. The summed E-state index contributed by atoms with van der Waals surface area (Å²) in [7, 11) is 0. The number of benzene rings is 2. The Morgan fingerprint density at radius 1 is 0.964 bits per heavy atom. The molecule has 2 aliphatic heterocycles. The predicted octanol–water partition coefficient (Wildman–Crippen LogP) is 4.85. The Balaban J connectivity index is 1.72. The van der Waals surface area contributed by atoms with Crippen molar-refractivity contribution in [3.8, 4) is 0 Å². The molecule has 4 rings (SSSR count). The molecule has 8 heteroatoms. The first-order valence-electron chi connectivity index (χ1n) is 9.21. The first-order valence-corrected chi connectivity index (χ1v) is 9.96. The summed E-state index contributed by atoms with van der Waals surface area (Å²) in [4.78, 5) is 27.2. The van der Waals surface area contributed by atoms with Crippen LogP contribution in [0.2, 0.25) is 0 Å². The van der Waals surface area contributed by atoms with Crippen molar-refractivity contribution in [2.75, 3.05) is 22.9 Å². The number of nitrogens with zero attached hydrogens (tertiary/aromatic N) is 3. The van der Waals surface area contributed by atoms with Crippen LogP contribution < -0.4 is 9.80 Å². The molecule has 0 spiro atoms. The quantitative estimate of drug-likeness (QED) is 0.307. The maximum absolute atomic E-state index is 12.8. The van der Waals surface area contributed by atoms with Crippen molar-refractivity contribution >= 4 is 46.2 Å². The molecule has 0 aliphatic carbocycles. The number of piperidine rings is 1. The predicted molar refractivity (Wildman–Crippen MR) is 110 cm³/mol. The summed E-state index contributed by atoms with van der Waals surface area (Å²) in [6.45, 7) is 1.88. The molecule has 0 saturated carbocycles. The van der Waals surface area contributed by atoms with Crippen molar-refractivity contribution in [3.05, 3.63) is 64.2 Å². The first kappa shape index (κ1) is 19.0. The number of hydrogen-bond acceptors (Lipinski definition) is 4. The molecule has 28 heavy (non-hydrogen) atoms. The van der Waals surface area contributed by atoms with Gasteiger partial charge in [0.15, 0.2) is 0 Å². The van der Waals surface area contributed by atoms with Gasteiger partial charge in [0, 0.05) is 25.2 Å². The van der Waals surface area contributed by atoms with Gasteiger partial charge in [0.2, 0.25) is 4.33 Å². The molecule has 6 nitrogen and oxygen atoms in total. The Morgan fingerprint density at radius 2 is 1.57 bits per heavy atom. The van der Waals surface area contributed by atoms with Crippen LogP contribution in [0.3, 0.4) is 0 Å². The Morgan fingerprint density at radius 3 is 2.18 bits per heavy atom. The van der Waals surface area contributed by atoms with Gasteiger partial charge >= 0.3 is 0 Å². The van der Waals surface area contributed by atoms with Gasteiger partial charge in [-0.3, -0.25) is 19.8 Å². The van der Waals surface area contributed by atoms with Crippen LogP contribution in [0.25, 0.3) is 0 Å². The fraction of sp³-hybridized carbons (Fsp3) is 0.350. The van der Waals surface area contributed by atoms with E-state index in [0.717, 1.165) is 37.3 Å². The molecule has 0 bridgehead atoms. The molecule has 0 N–H and O–H groups in total. The lowest BCUT2D eigenvalue weighted by atomic mass is 9.91. The van der Waals surface area contributed by atoms with Gasteiger partial charge in [-0.1, -0.05) is 35.3 Å². The van der Waals surface area contributed by atoms with E-state index in [-0.39, 0.29) is 11.6 Å². The number of anilines is 2. The number of carbonyl (C=O) groups excluding carboxylic acids is 1. The second-order valence-electron chi connectivity index (χ2n) is 7.09. The molecule has 2 saturated heterocycles. The highest BCUT2D eigenvalue weighted by Gasteiger charge is 2.60. The summed E-state index contributed by atoms with van der Waals surface area (Å²) in [5, 5.41) is 10.9. The minimum Gasteiger partial charge on any atom is -0.370 e. The van der Waals surface area contributed by atoms with Gasteiger partial charge < -0.3 is 4.90 Å². The summed E-state index contributed by atoms with van der Waals surface area (Å²) in [5.41, 5.74) is 2.37. The number of β-lactam (4-membered cyclic amide) rings is 1. The molecular formula is C20H19Cl2N3O3. The Kier molecular flexibility index (Phi) is 4.93. The molecular weight excluding hydrogens is 401 g/mol. The maximum Gasteiger partial charge on any atom is 0.269 e. The van der Waals surface area contributed by atoms with Gasteiger partial charge in [0.25, 0.3) is 11.6 Å². The average Bonchev–Trinajstić information content (AvgIpc) is 2.72. The van der Waals surface area contributed by atoms with Gasteiger partial charge in [-0.05, 0) is 49.1 Å². The third kappa shape index (κ3) is 3.10. The van der Waals surface area contributed by atoms with Crippen LogP contribution in [-0.4, -0.2) is 28.3 Å². The second kappa shape index (κ2) is 7.26. The zero-order chi connectivity index (χ0) is 19.9. The first-order chi connectivity index (χ1) is 13.4. The highest BCUT2D eigenvalue weighted by Crippen LogP contribution is 2.54. The van der Waals surface area contributed by atoms with Crippen LogP contribution in [0.5, 0.6) is 0 Å². The summed E-state index contributed by atoms with van der Waals surface area (Å²) >= 11 is 12.7. The average molecular weight is 420 g/mol. The fourth-order valence-corrected chi connectivity index (χ4v) is 4.58. The molecule has 146 valence electrons. The van der Waals surface area contributed by atoms with Crippen LogP contribution >= 0.6 is 23.2 Å². The second-order valence-corrected chi connectivity index (χ2v) is 8.47. The largest absolute Gasteiger partial charge is 0.370 e. The lowest BCUT2D eigenvalue weighted by Crippen LogP contribution is -2.63. The topological polar surface area (TPSA) is 66.7 Å². The van der Waals surface area contributed by atoms with E-state index in [1.165, 1.54) is 18.6 Å². The molecule has 2 fully saturated rings. The highest BCUT2D eigenvalue weighted by molar-refractivity contribution is 6.62. The van der Waals surface area contributed by atoms with E-state index < -0.39 is 15.3 Å². The Hall–Kier alpha value is -2.31. The minimum absolute atomic E-state index is 0.0237. The molecule has 0 aromatic heterocycles. The monoisotopic (exact) mass is 419 g/mol. The number of carbonyl (C=O) groups is 1. The molecule has 2 aromatic rings. The molecule has 2 aromatic carbocycles. The number of halogens is 2. The Labute approximate surface area is 172 Å². The van der Waals surface area contributed by atoms with E-state index in [4.69, 9.17) is 23.2 Å². The number of nitro benzene ring substituents is 1. The van der Waals surface area contributed by atoms with Crippen LogP contribution in [-0.2, 0) is 4.79 Å². The van der Waals surface area contributed by atoms with Crippen molar-refractivity contribution in [3.63, 3.8) is 0 Å². The van der Waals surface area contributed by atoms with Crippen molar-refractivity contribution < 1.29 is 9.72 Å². The van der Waals surface area contributed by atoms with E-state index in [2.05, 4.69) is 4.90 Å². The van der Waals surface area contributed by atoms with Gasteiger partial charge in [0.1, 0.15) is 6.04 Å². The zero-order valence-electron chi connectivity index (χ0n) is 15.1. The van der Waals surface area contributed by atoms with E-state index in [1.54, 1.807) is 17.0 Å². The van der Waals surface area contributed by atoms with Crippen molar-refractivity contribution in [2.45, 2.75) is 29.6 Å². The summed E-state index contributed by atoms with van der Waals surface area (Å²) < 4.78 is -1.61. The number of nitro groups is 1. The zero-order valence-corrected chi connectivity index (χ0v) is 16.6. The van der Waals surface area contributed by atoms with Crippen LogP contribution in [0.1, 0.15) is 30.9 Å². The van der Waals surface area contributed by atoms with Crippen LogP contribution in [0.4, 0.5) is 17.1 Å². The summed E-state index contributed by atoms with van der Waals surface area (Å²) in [5.74, 6) is -0.386. The smallest absolute Gasteiger partial charge is 0.269 e. The molecule has 0 radical (unpaired) electrons. The minimum atomic E-state index is -1.61. The normalized spacial score (nSPS) is 21.4. The van der Waals surface area contributed by atoms with Crippen molar-refractivity contribution in [1.29, 1.82) is 0 Å². The molecule has 1 unspecified atom stereocenters. The van der Waals surface area contributed by atoms with Crippen LogP contribution in [0, 0.1) is 10.1 Å². The molecule has 1 amide bonds. The van der Waals surface area contributed by atoms with Crippen LogP contribution in [0.15, 0.2) is 48.5 Å². The van der Waals surface area contributed by atoms with E-state index in [1.807, 2.05) is 24.3 Å². The van der Waals surface area contributed by atoms with Gasteiger partial charge in [0.05, 0.1) is 16.3 Å². The summed E-state index contributed by atoms with van der Waals surface area (Å²) in [6.07, 6.45) is 3.44. The van der Waals surface area contributed by atoms with Crippen molar-refractivity contribution in [2.24, 2.45) is 0 Å². The van der Waals surface area contributed by atoms with E-state index >= 15 is 0 Å². The van der Waals surface area contributed by atoms with E-state index in [9.17, 15) is 14.9 Å². The molecule has 2 aliphatic rings. The number of hydrogen-bond donors (Lipinski definition) is 0. The third-order valence-electron chi connectivity index (χ3n) is 5.36. The highest BCUT2D eigenvalue weighted by atomic mass is 35.5. The lowest BCUT2D eigenvalue weighted by molar-refractivity contribution is -0.384. The molecule has 2 heterocycles. The summed E-state index contributed by atoms with van der Waals surface area (Å²) in [6, 6.07) is 13.1. The Bertz CT molecular complexity index is 911. The number of non-ortho nitro benzene ring substituents is 1. The van der Waals surface area contributed by atoms with Crippen molar-refractivity contribution in [1.82, 2.24) is 0 Å². The van der Waals surface area contributed by atoms with Gasteiger partial charge in [-0.2, -0.15) is 0 Å². The number of rotatable bonds is 4. The maximum atomic E-state index is 12.8. The standard InChI is InChI=1S/C20H19Cl2N3O3/c21-20(22)18(14-8-10-15(11-9-14)25(27)28)24(19(20)26)17-7-3-2-6-16(17)23-12-4-1-5-13-23/h2-3,6-11,18H,1,4-5,12-13H2. The van der Waals surface area contributed by atoms with E-state index in [0.29, 0.717) is 5.56 Å². The van der Waals surface area contributed by atoms with Gasteiger partial charge in [-0.15, -0.1) is 0 Å². The number of alkyl halides is 2.